The Morgan fingerprint density at radius 2 is 1.88 bits per heavy atom. The number of hydrogen-bond donors (Lipinski definition) is 2. The molecule has 4 rings (SSSR count). The van der Waals surface area contributed by atoms with E-state index in [4.69, 9.17) is 4.42 Å². The highest BCUT2D eigenvalue weighted by Gasteiger charge is 2.35. The lowest BCUT2D eigenvalue weighted by atomic mass is 9.83. The number of carbonyl (C=O) groups excluding carboxylic acids is 1. The molecule has 2 N–H and O–H groups in total. The Labute approximate surface area is 194 Å². The minimum absolute atomic E-state index is 0.211. The summed E-state index contributed by atoms with van der Waals surface area (Å²) in [4.78, 5) is 14.9. The van der Waals surface area contributed by atoms with Crippen molar-refractivity contribution in [3.63, 3.8) is 0 Å². The molecule has 1 aromatic heterocycles. The van der Waals surface area contributed by atoms with Crippen LogP contribution in [0.2, 0.25) is 0 Å². The van der Waals surface area contributed by atoms with Gasteiger partial charge < -0.3 is 19.7 Å². The van der Waals surface area contributed by atoms with E-state index in [0.717, 1.165) is 30.6 Å². The molecule has 0 spiro atoms. The largest absolute Gasteiger partial charge is 0.451 e. The van der Waals surface area contributed by atoms with Crippen molar-refractivity contribution in [2.75, 3.05) is 26.2 Å². The third kappa shape index (κ3) is 5.63. The van der Waals surface area contributed by atoms with E-state index >= 15 is 0 Å². The molecule has 176 valence electrons. The number of hydrogen-bond acceptors (Lipinski definition) is 4. The van der Waals surface area contributed by atoms with Crippen LogP contribution in [0.4, 0.5) is 4.39 Å². The molecule has 1 fully saturated rings. The van der Waals surface area contributed by atoms with E-state index in [-0.39, 0.29) is 22.9 Å². The van der Waals surface area contributed by atoms with Gasteiger partial charge in [-0.15, -0.1) is 0 Å². The standard InChI is InChI=1S/C27H33FN2O3/c1-26(2,3)18-30-14-11-27(32,12-15-30)21-8-9-23-20(16-21)17-24(33-23)25(31)29-13-10-19-6-4-5-7-22(19)28/h4-9,16-17,32H,10-15,18H2,1-3H3,(H,29,31). The van der Waals surface area contributed by atoms with E-state index in [1.165, 1.54) is 6.07 Å². The van der Waals surface area contributed by atoms with E-state index in [9.17, 15) is 14.3 Å². The second-order valence-electron chi connectivity index (χ2n) is 10.3. The van der Waals surface area contributed by atoms with Gasteiger partial charge in [-0.2, -0.15) is 0 Å². The van der Waals surface area contributed by atoms with E-state index in [2.05, 4.69) is 31.0 Å². The highest BCUT2D eigenvalue weighted by molar-refractivity contribution is 5.96. The summed E-state index contributed by atoms with van der Waals surface area (Å²) in [6.07, 6.45) is 1.76. The van der Waals surface area contributed by atoms with Crippen molar-refractivity contribution in [3.05, 3.63) is 71.2 Å². The molecule has 2 heterocycles. The fourth-order valence-corrected chi connectivity index (χ4v) is 4.58. The number of halogens is 1. The molecule has 1 aliphatic heterocycles. The SMILES string of the molecule is CC(C)(C)CN1CCC(O)(c2ccc3oc(C(=O)NCCc4ccccc4F)cc3c2)CC1. The quantitative estimate of drug-likeness (QED) is 0.560. The first kappa shape index (κ1) is 23.5. The first-order chi connectivity index (χ1) is 15.6. The first-order valence-electron chi connectivity index (χ1n) is 11.6. The monoisotopic (exact) mass is 452 g/mol. The number of furan rings is 1. The lowest BCUT2D eigenvalue weighted by Gasteiger charge is -2.40. The van der Waals surface area contributed by atoms with Gasteiger partial charge in [0.2, 0.25) is 0 Å². The molecule has 1 aliphatic rings. The van der Waals surface area contributed by atoms with Gasteiger partial charge in [0.25, 0.3) is 5.91 Å². The molecule has 1 saturated heterocycles. The van der Waals surface area contributed by atoms with Crippen LogP contribution in [-0.4, -0.2) is 42.1 Å². The lowest BCUT2D eigenvalue weighted by molar-refractivity contribution is -0.0316. The fourth-order valence-electron chi connectivity index (χ4n) is 4.58. The van der Waals surface area contributed by atoms with Crippen LogP contribution in [0.1, 0.15) is 55.3 Å². The number of carbonyl (C=O) groups is 1. The highest BCUT2D eigenvalue weighted by Crippen LogP contribution is 2.35. The van der Waals surface area contributed by atoms with Crippen LogP contribution in [-0.2, 0) is 12.0 Å². The molecule has 6 heteroatoms. The van der Waals surface area contributed by atoms with Crippen LogP contribution in [0.3, 0.4) is 0 Å². The third-order valence-corrected chi connectivity index (χ3v) is 6.30. The maximum absolute atomic E-state index is 13.7. The molecule has 0 bridgehead atoms. The van der Waals surface area contributed by atoms with Crippen molar-refractivity contribution < 1.29 is 18.7 Å². The maximum Gasteiger partial charge on any atom is 0.287 e. The normalized spacial score (nSPS) is 16.8. The summed E-state index contributed by atoms with van der Waals surface area (Å²) < 4.78 is 19.5. The van der Waals surface area contributed by atoms with E-state index < -0.39 is 5.60 Å². The van der Waals surface area contributed by atoms with Crippen LogP contribution < -0.4 is 5.32 Å². The zero-order valence-electron chi connectivity index (χ0n) is 19.7. The minimum Gasteiger partial charge on any atom is -0.451 e. The summed E-state index contributed by atoms with van der Waals surface area (Å²) in [6.45, 7) is 9.73. The molecular formula is C27H33FN2O3. The van der Waals surface area contributed by atoms with Gasteiger partial charge in [-0.25, -0.2) is 4.39 Å². The fraction of sp³-hybridized carbons (Fsp3) is 0.444. The number of aliphatic hydroxyl groups is 1. The molecule has 2 aromatic carbocycles. The molecule has 0 radical (unpaired) electrons. The van der Waals surface area contributed by atoms with E-state index in [1.54, 1.807) is 24.3 Å². The van der Waals surface area contributed by atoms with Gasteiger partial charge in [0.15, 0.2) is 5.76 Å². The molecule has 33 heavy (non-hydrogen) atoms. The van der Waals surface area contributed by atoms with Crippen molar-refractivity contribution in [2.24, 2.45) is 5.41 Å². The Hall–Kier alpha value is -2.70. The van der Waals surface area contributed by atoms with Crippen LogP contribution in [0.5, 0.6) is 0 Å². The van der Waals surface area contributed by atoms with Gasteiger partial charge in [0.05, 0.1) is 5.60 Å². The second-order valence-corrected chi connectivity index (χ2v) is 10.3. The maximum atomic E-state index is 13.7. The van der Waals surface area contributed by atoms with Crippen molar-refractivity contribution in [1.82, 2.24) is 10.2 Å². The van der Waals surface area contributed by atoms with Gasteiger partial charge in [-0.3, -0.25) is 4.79 Å². The van der Waals surface area contributed by atoms with Crippen LogP contribution in [0, 0.1) is 11.2 Å². The zero-order valence-corrected chi connectivity index (χ0v) is 19.7. The lowest BCUT2D eigenvalue weighted by Crippen LogP contribution is -2.45. The predicted octanol–water partition coefficient (Wildman–Crippen LogP) is 4.87. The van der Waals surface area contributed by atoms with Gasteiger partial charge in [-0.05, 0) is 60.1 Å². The van der Waals surface area contributed by atoms with Gasteiger partial charge >= 0.3 is 0 Å². The summed E-state index contributed by atoms with van der Waals surface area (Å²) in [7, 11) is 0. The predicted molar refractivity (Wildman–Crippen MR) is 128 cm³/mol. The molecule has 0 aliphatic carbocycles. The van der Waals surface area contributed by atoms with Crippen LogP contribution in [0.15, 0.2) is 52.9 Å². The molecule has 5 nitrogen and oxygen atoms in total. The van der Waals surface area contributed by atoms with Gasteiger partial charge in [0.1, 0.15) is 11.4 Å². The Morgan fingerprint density at radius 1 is 1.15 bits per heavy atom. The minimum atomic E-state index is -0.873. The van der Waals surface area contributed by atoms with Crippen molar-refractivity contribution in [1.29, 1.82) is 0 Å². The summed E-state index contributed by atoms with van der Waals surface area (Å²) >= 11 is 0. The molecular weight excluding hydrogens is 419 g/mol. The Bertz CT molecular complexity index is 1120. The zero-order chi connectivity index (χ0) is 23.6. The molecule has 1 amide bonds. The smallest absolute Gasteiger partial charge is 0.287 e. The number of nitrogens with zero attached hydrogens (tertiary/aromatic N) is 1. The number of nitrogens with one attached hydrogen (secondary N) is 1. The number of amides is 1. The average molecular weight is 453 g/mol. The summed E-state index contributed by atoms with van der Waals surface area (Å²) in [5.41, 5.74) is 1.39. The number of rotatable bonds is 6. The number of benzene rings is 2. The molecule has 3 aromatic rings. The average Bonchev–Trinajstić information content (AvgIpc) is 3.19. The molecule has 0 atom stereocenters. The van der Waals surface area contributed by atoms with Crippen molar-refractivity contribution in [3.8, 4) is 0 Å². The first-order valence-corrected chi connectivity index (χ1v) is 11.6. The third-order valence-electron chi connectivity index (χ3n) is 6.30. The highest BCUT2D eigenvalue weighted by atomic mass is 19.1. The topological polar surface area (TPSA) is 65.7 Å². The molecule has 0 unspecified atom stereocenters. The van der Waals surface area contributed by atoms with E-state index in [0.29, 0.717) is 37.0 Å². The van der Waals surface area contributed by atoms with E-state index in [1.807, 2.05) is 18.2 Å². The molecule has 0 saturated carbocycles. The Morgan fingerprint density at radius 3 is 2.58 bits per heavy atom. The summed E-state index contributed by atoms with van der Waals surface area (Å²) in [5.74, 6) is -0.397. The number of piperidine rings is 1. The van der Waals surface area contributed by atoms with Crippen molar-refractivity contribution >= 4 is 16.9 Å². The van der Waals surface area contributed by atoms with Crippen molar-refractivity contribution in [2.45, 2.75) is 45.6 Å². The van der Waals surface area contributed by atoms with Gasteiger partial charge in [-0.1, -0.05) is 45.0 Å². The van der Waals surface area contributed by atoms with Gasteiger partial charge in [0, 0.05) is 31.6 Å². The number of likely N-dealkylation sites (tertiary alicyclic amines) is 1. The second kappa shape index (κ2) is 9.27. The van der Waals surface area contributed by atoms with Crippen LogP contribution >= 0.6 is 0 Å². The Kier molecular flexibility index (Phi) is 6.59. The van der Waals surface area contributed by atoms with Crippen LogP contribution in [0.25, 0.3) is 11.0 Å². The Balaban J connectivity index is 1.40. The number of fused-ring (bicyclic) bond motifs is 1. The summed E-state index contributed by atoms with van der Waals surface area (Å²) in [5, 5.41) is 14.9. The summed E-state index contributed by atoms with van der Waals surface area (Å²) in [6, 6.07) is 13.9.